The third-order valence-electron chi connectivity index (χ3n) is 3.66. The Balaban J connectivity index is 1.86. The van der Waals surface area contributed by atoms with Crippen LogP contribution in [0.15, 0.2) is 0 Å². The Morgan fingerprint density at radius 1 is 1.33 bits per heavy atom. The highest BCUT2D eigenvalue weighted by Crippen LogP contribution is 2.35. The van der Waals surface area contributed by atoms with Gasteiger partial charge in [0.2, 0.25) is 0 Å². The molecule has 2 saturated carbocycles. The molecule has 2 rings (SSSR count). The predicted octanol–water partition coefficient (Wildman–Crippen LogP) is 1.72. The first-order valence-corrected chi connectivity index (χ1v) is 6.04. The maximum atomic E-state index is 11.6. The van der Waals surface area contributed by atoms with E-state index in [0.717, 1.165) is 5.92 Å². The maximum Gasteiger partial charge on any atom is 0.323 e. The van der Waals surface area contributed by atoms with Crippen LogP contribution < -0.4 is 5.32 Å². The van der Waals surface area contributed by atoms with E-state index in [9.17, 15) is 4.79 Å². The fourth-order valence-electron chi connectivity index (χ4n) is 2.57. The summed E-state index contributed by atoms with van der Waals surface area (Å²) in [4.78, 5) is 11.6. The van der Waals surface area contributed by atoms with Crippen molar-refractivity contribution in [1.82, 2.24) is 5.32 Å². The van der Waals surface area contributed by atoms with Crippen LogP contribution in [0.1, 0.15) is 39.0 Å². The van der Waals surface area contributed by atoms with Crippen LogP contribution in [0.4, 0.5) is 0 Å². The number of nitrogens with one attached hydrogen (secondary N) is 1. The van der Waals surface area contributed by atoms with E-state index in [0.29, 0.717) is 12.0 Å². The van der Waals surface area contributed by atoms with Crippen molar-refractivity contribution in [1.29, 1.82) is 0 Å². The molecular weight excluding hydrogens is 190 g/mol. The first-order chi connectivity index (χ1) is 7.20. The normalized spacial score (nSPS) is 32.7. The van der Waals surface area contributed by atoms with Crippen molar-refractivity contribution in [2.24, 2.45) is 11.8 Å². The van der Waals surface area contributed by atoms with Crippen LogP contribution in [-0.2, 0) is 9.53 Å². The summed E-state index contributed by atoms with van der Waals surface area (Å²) in [7, 11) is 1.48. The summed E-state index contributed by atoms with van der Waals surface area (Å²) >= 11 is 0. The molecule has 0 heterocycles. The largest absolute Gasteiger partial charge is 0.468 e. The van der Waals surface area contributed by atoms with Gasteiger partial charge in [-0.25, -0.2) is 0 Å². The van der Waals surface area contributed by atoms with E-state index in [4.69, 9.17) is 4.74 Å². The minimum atomic E-state index is -0.0722. The number of ether oxygens (including phenoxy) is 1. The summed E-state index contributed by atoms with van der Waals surface area (Å²) in [5, 5.41) is 3.48. The number of rotatable bonds is 4. The van der Waals surface area contributed by atoms with Crippen LogP contribution in [0, 0.1) is 11.8 Å². The summed E-state index contributed by atoms with van der Waals surface area (Å²) in [6, 6.07) is 0.495. The van der Waals surface area contributed by atoms with E-state index in [1.54, 1.807) is 0 Å². The van der Waals surface area contributed by atoms with E-state index in [1.165, 1.54) is 39.2 Å². The minimum absolute atomic E-state index is 0.0368. The zero-order valence-electron chi connectivity index (χ0n) is 9.66. The Hall–Kier alpha value is -0.570. The molecule has 2 aliphatic carbocycles. The van der Waals surface area contributed by atoms with Crippen LogP contribution in [-0.4, -0.2) is 25.2 Å². The van der Waals surface area contributed by atoms with Gasteiger partial charge in [-0.05, 0) is 43.9 Å². The summed E-state index contributed by atoms with van der Waals surface area (Å²) in [6.45, 7) is 2.28. The first kappa shape index (κ1) is 10.9. The molecule has 0 amide bonds. The number of carbonyl (C=O) groups is 1. The molecule has 3 atom stereocenters. The molecule has 0 aromatic carbocycles. The van der Waals surface area contributed by atoms with Crippen molar-refractivity contribution in [3.63, 3.8) is 0 Å². The van der Waals surface area contributed by atoms with E-state index in [1.807, 2.05) is 0 Å². The summed E-state index contributed by atoms with van der Waals surface area (Å²) < 4.78 is 4.85. The second-order valence-electron chi connectivity index (χ2n) is 5.12. The minimum Gasteiger partial charge on any atom is -0.468 e. The molecule has 0 spiro atoms. The number of carbonyl (C=O) groups excluding carboxylic acids is 1. The van der Waals surface area contributed by atoms with Gasteiger partial charge in [0.1, 0.15) is 6.04 Å². The Labute approximate surface area is 91.6 Å². The molecule has 0 saturated heterocycles. The molecular formula is C12H21NO2. The van der Waals surface area contributed by atoms with Crippen molar-refractivity contribution >= 4 is 5.97 Å². The number of hydrogen-bond donors (Lipinski definition) is 1. The van der Waals surface area contributed by atoms with Crippen LogP contribution in [0.3, 0.4) is 0 Å². The van der Waals surface area contributed by atoms with Crippen molar-refractivity contribution in [3.05, 3.63) is 0 Å². The number of esters is 1. The van der Waals surface area contributed by atoms with Gasteiger partial charge < -0.3 is 10.1 Å². The van der Waals surface area contributed by atoms with Crippen molar-refractivity contribution in [3.8, 4) is 0 Å². The van der Waals surface area contributed by atoms with Gasteiger partial charge >= 0.3 is 5.97 Å². The SMILES string of the molecule is COC(=O)C(NC1CCC(C)C1)C1CC1. The Bertz CT molecular complexity index is 238. The molecule has 3 nitrogen and oxygen atoms in total. The van der Waals surface area contributed by atoms with Crippen LogP contribution >= 0.6 is 0 Å². The Morgan fingerprint density at radius 2 is 2.07 bits per heavy atom. The molecule has 0 aromatic heterocycles. The summed E-state index contributed by atoms with van der Waals surface area (Å²) in [6.07, 6.45) is 6.06. The molecule has 0 aromatic rings. The van der Waals surface area contributed by atoms with Crippen LogP contribution in [0.25, 0.3) is 0 Å². The second-order valence-corrected chi connectivity index (χ2v) is 5.12. The molecule has 0 aliphatic heterocycles. The third kappa shape index (κ3) is 2.71. The molecule has 3 heteroatoms. The lowest BCUT2D eigenvalue weighted by Gasteiger charge is -2.20. The van der Waals surface area contributed by atoms with Crippen LogP contribution in [0.2, 0.25) is 0 Å². The van der Waals surface area contributed by atoms with Gasteiger partial charge in [-0.15, -0.1) is 0 Å². The topological polar surface area (TPSA) is 38.3 Å². The molecule has 2 aliphatic rings. The van der Waals surface area contributed by atoms with E-state index >= 15 is 0 Å². The first-order valence-electron chi connectivity index (χ1n) is 6.04. The second kappa shape index (κ2) is 4.52. The molecule has 2 fully saturated rings. The fraction of sp³-hybridized carbons (Fsp3) is 0.917. The van der Waals surface area contributed by atoms with Crippen molar-refractivity contribution in [2.75, 3.05) is 7.11 Å². The fourth-order valence-corrected chi connectivity index (χ4v) is 2.57. The lowest BCUT2D eigenvalue weighted by Crippen LogP contribution is -2.44. The molecule has 3 unspecified atom stereocenters. The molecule has 86 valence electrons. The average molecular weight is 211 g/mol. The predicted molar refractivity (Wildman–Crippen MR) is 58.5 cm³/mol. The quantitative estimate of drug-likeness (QED) is 0.719. The van der Waals surface area contributed by atoms with Gasteiger partial charge in [-0.1, -0.05) is 6.92 Å². The van der Waals surface area contributed by atoms with Crippen molar-refractivity contribution < 1.29 is 9.53 Å². The maximum absolute atomic E-state index is 11.6. The molecule has 0 bridgehead atoms. The zero-order chi connectivity index (χ0) is 10.8. The van der Waals surface area contributed by atoms with Gasteiger partial charge in [0.05, 0.1) is 7.11 Å². The average Bonchev–Trinajstić information content (AvgIpc) is 2.98. The van der Waals surface area contributed by atoms with E-state index in [2.05, 4.69) is 12.2 Å². The Morgan fingerprint density at radius 3 is 2.53 bits per heavy atom. The molecule has 1 N–H and O–H groups in total. The molecule has 15 heavy (non-hydrogen) atoms. The van der Waals surface area contributed by atoms with Gasteiger partial charge in [0.15, 0.2) is 0 Å². The standard InChI is InChI=1S/C12H21NO2/c1-8-3-6-10(7-8)13-11(9-4-5-9)12(14)15-2/h8-11,13H,3-7H2,1-2H3. The van der Waals surface area contributed by atoms with Crippen molar-refractivity contribution in [2.45, 2.75) is 51.1 Å². The van der Waals surface area contributed by atoms with Gasteiger partial charge in [-0.3, -0.25) is 4.79 Å². The van der Waals surface area contributed by atoms with Gasteiger partial charge in [0.25, 0.3) is 0 Å². The van der Waals surface area contributed by atoms with E-state index < -0.39 is 0 Å². The highest BCUT2D eigenvalue weighted by molar-refractivity contribution is 5.76. The van der Waals surface area contributed by atoms with E-state index in [-0.39, 0.29) is 12.0 Å². The third-order valence-corrected chi connectivity index (χ3v) is 3.66. The summed E-state index contributed by atoms with van der Waals surface area (Å²) in [5.41, 5.74) is 0. The highest BCUT2D eigenvalue weighted by Gasteiger charge is 2.38. The number of methoxy groups -OCH3 is 1. The zero-order valence-corrected chi connectivity index (χ0v) is 9.66. The lowest BCUT2D eigenvalue weighted by atomic mass is 10.1. The summed E-state index contributed by atoms with van der Waals surface area (Å²) in [5.74, 6) is 1.27. The smallest absolute Gasteiger partial charge is 0.323 e. The van der Waals surface area contributed by atoms with Crippen LogP contribution in [0.5, 0.6) is 0 Å². The van der Waals surface area contributed by atoms with Gasteiger partial charge in [0, 0.05) is 6.04 Å². The molecule has 0 radical (unpaired) electrons. The highest BCUT2D eigenvalue weighted by atomic mass is 16.5. The number of hydrogen-bond acceptors (Lipinski definition) is 3. The lowest BCUT2D eigenvalue weighted by molar-refractivity contribution is -0.144. The van der Waals surface area contributed by atoms with Gasteiger partial charge in [-0.2, -0.15) is 0 Å². The monoisotopic (exact) mass is 211 g/mol. The Kier molecular flexibility index (Phi) is 3.29.